The summed E-state index contributed by atoms with van der Waals surface area (Å²) in [7, 11) is 0. The summed E-state index contributed by atoms with van der Waals surface area (Å²) >= 11 is 10.4. The van der Waals surface area contributed by atoms with Crippen molar-refractivity contribution in [1.29, 1.82) is 0 Å². The fraction of sp³-hybridized carbons (Fsp3) is 0.429. The van der Waals surface area contributed by atoms with E-state index in [-0.39, 0.29) is 0 Å². The molecule has 0 saturated carbocycles. The SMILES string of the molecule is O=C(Nc1nc(Cl)nc(Cl)n1)C(F)(F)C(F)(F)C(F)(F)F. The second-order valence-corrected chi connectivity index (χ2v) is 3.97. The van der Waals surface area contributed by atoms with Crippen molar-refractivity contribution in [3.63, 3.8) is 0 Å². The van der Waals surface area contributed by atoms with Crippen LogP contribution in [0.3, 0.4) is 0 Å². The Morgan fingerprint density at radius 1 is 0.905 bits per heavy atom. The van der Waals surface area contributed by atoms with Crippen LogP contribution in [0.2, 0.25) is 10.6 Å². The first-order valence-corrected chi connectivity index (χ1v) is 5.25. The van der Waals surface area contributed by atoms with Crippen LogP contribution in [-0.4, -0.2) is 38.9 Å². The molecule has 1 heterocycles. The third kappa shape index (κ3) is 3.43. The average molecular weight is 361 g/mol. The van der Waals surface area contributed by atoms with Gasteiger partial charge in [-0.25, -0.2) is 0 Å². The Kier molecular flexibility index (Phi) is 4.53. The van der Waals surface area contributed by atoms with Crippen LogP contribution in [0.5, 0.6) is 0 Å². The quantitative estimate of drug-likeness (QED) is 0.841. The lowest BCUT2D eigenvalue weighted by Crippen LogP contribution is -2.57. The molecule has 0 fully saturated rings. The Morgan fingerprint density at radius 3 is 1.71 bits per heavy atom. The number of carbonyl (C=O) groups excluding carboxylic acids is 1. The van der Waals surface area contributed by atoms with Crippen LogP contribution in [0.4, 0.5) is 36.7 Å². The van der Waals surface area contributed by atoms with E-state index in [0.717, 1.165) is 5.32 Å². The second-order valence-electron chi connectivity index (χ2n) is 3.30. The van der Waals surface area contributed by atoms with Crippen molar-refractivity contribution in [2.24, 2.45) is 0 Å². The Hall–Kier alpha value is -1.43. The average Bonchev–Trinajstić information content (AvgIpc) is 2.25. The molecule has 21 heavy (non-hydrogen) atoms. The summed E-state index contributed by atoms with van der Waals surface area (Å²) < 4.78 is 86.7. The van der Waals surface area contributed by atoms with Gasteiger partial charge in [0.25, 0.3) is 0 Å². The molecule has 1 rings (SSSR count). The number of rotatable bonds is 3. The molecular formula is C7HCl2F7N4O. The predicted octanol–water partition coefficient (Wildman–Crippen LogP) is 2.95. The minimum Gasteiger partial charge on any atom is -0.289 e. The molecule has 1 aromatic heterocycles. The molecule has 0 unspecified atom stereocenters. The minimum absolute atomic E-state index is 0.712. The van der Waals surface area contributed by atoms with E-state index < -0.39 is 40.4 Å². The largest absolute Gasteiger partial charge is 0.460 e. The zero-order chi connectivity index (χ0) is 16.6. The van der Waals surface area contributed by atoms with Gasteiger partial charge in [-0.05, 0) is 23.2 Å². The maximum Gasteiger partial charge on any atom is 0.460 e. The molecule has 0 aromatic carbocycles. The lowest BCUT2D eigenvalue weighted by atomic mass is 10.1. The van der Waals surface area contributed by atoms with Gasteiger partial charge in [0.2, 0.25) is 16.5 Å². The number of carbonyl (C=O) groups is 1. The van der Waals surface area contributed by atoms with E-state index in [1.807, 2.05) is 0 Å². The lowest BCUT2D eigenvalue weighted by molar-refractivity contribution is -0.343. The molecule has 0 atom stereocenters. The molecular weight excluding hydrogens is 360 g/mol. The van der Waals surface area contributed by atoms with Crippen molar-refractivity contribution in [1.82, 2.24) is 15.0 Å². The summed E-state index contributed by atoms with van der Waals surface area (Å²) in [5.74, 6) is -16.8. The number of nitrogens with one attached hydrogen (secondary N) is 1. The Morgan fingerprint density at radius 2 is 1.33 bits per heavy atom. The summed E-state index contributed by atoms with van der Waals surface area (Å²) in [4.78, 5) is 20.1. The number of hydrogen-bond donors (Lipinski definition) is 1. The van der Waals surface area contributed by atoms with Crippen molar-refractivity contribution >= 4 is 35.1 Å². The molecule has 0 radical (unpaired) electrons. The molecule has 14 heteroatoms. The van der Waals surface area contributed by atoms with Crippen molar-refractivity contribution in [3.05, 3.63) is 10.6 Å². The molecule has 1 amide bonds. The lowest BCUT2D eigenvalue weighted by Gasteiger charge is -2.26. The van der Waals surface area contributed by atoms with Gasteiger partial charge in [-0.15, -0.1) is 0 Å². The monoisotopic (exact) mass is 360 g/mol. The summed E-state index contributed by atoms with van der Waals surface area (Å²) in [5.41, 5.74) is 0. The summed E-state index contributed by atoms with van der Waals surface area (Å²) in [6, 6.07) is 0. The molecule has 0 aliphatic heterocycles. The number of alkyl halides is 7. The number of halogens is 9. The van der Waals surface area contributed by atoms with Gasteiger partial charge in [0, 0.05) is 0 Å². The van der Waals surface area contributed by atoms with Gasteiger partial charge < -0.3 is 0 Å². The van der Waals surface area contributed by atoms with Gasteiger partial charge in [-0.1, -0.05) is 0 Å². The van der Waals surface area contributed by atoms with Gasteiger partial charge in [-0.2, -0.15) is 45.7 Å². The van der Waals surface area contributed by atoms with Gasteiger partial charge >= 0.3 is 23.9 Å². The van der Waals surface area contributed by atoms with Crippen molar-refractivity contribution < 1.29 is 35.5 Å². The molecule has 1 aromatic rings. The van der Waals surface area contributed by atoms with Gasteiger partial charge in [-0.3, -0.25) is 10.1 Å². The highest BCUT2D eigenvalue weighted by Gasteiger charge is 2.76. The number of aromatic nitrogens is 3. The Bertz CT molecular complexity index is 544. The van der Waals surface area contributed by atoms with Crippen LogP contribution in [0.15, 0.2) is 0 Å². The number of amides is 1. The third-order valence-corrected chi connectivity index (χ3v) is 2.18. The number of nitrogens with zero attached hydrogens (tertiary/aromatic N) is 3. The normalized spacial score (nSPS) is 13.2. The Labute approximate surface area is 120 Å². The highest BCUT2D eigenvalue weighted by Crippen LogP contribution is 2.46. The van der Waals surface area contributed by atoms with E-state index in [4.69, 9.17) is 23.2 Å². The van der Waals surface area contributed by atoms with Crippen LogP contribution in [-0.2, 0) is 4.79 Å². The first-order valence-electron chi connectivity index (χ1n) is 4.50. The van der Waals surface area contributed by atoms with Crippen molar-refractivity contribution in [2.45, 2.75) is 18.0 Å². The summed E-state index contributed by atoms with van der Waals surface area (Å²) in [5, 5.41) is -0.482. The standard InChI is InChI=1S/C7HCl2F7N4O/c8-2-18-3(9)20-4(19-2)17-1(21)5(10,11)6(12,13)7(14,15)16/h(H,17,18,19,20,21). The zero-order valence-electron chi connectivity index (χ0n) is 9.15. The van der Waals surface area contributed by atoms with E-state index in [1.54, 1.807) is 0 Å². The maximum absolute atomic E-state index is 13.0. The van der Waals surface area contributed by atoms with Crippen molar-refractivity contribution in [2.75, 3.05) is 5.32 Å². The van der Waals surface area contributed by atoms with Crippen LogP contribution in [0, 0.1) is 0 Å². The van der Waals surface area contributed by atoms with Crippen LogP contribution in [0.1, 0.15) is 0 Å². The van der Waals surface area contributed by atoms with Gasteiger partial charge in [0.05, 0.1) is 0 Å². The summed E-state index contributed by atoms with van der Waals surface area (Å²) in [6.07, 6.45) is -6.65. The van der Waals surface area contributed by atoms with Crippen LogP contribution >= 0.6 is 23.2 Å². The molecule has 118 valence electrons. The molecule has 5 nitrogen and oxygen atoms in total. The fourth-order valence-electron chi connectivity index (χ4n) is 0.882. The van der Waals surface area contributed by atoms with Gasteiger partial charge in [0.1, 0.15) is 0 Å². The Balaban J connectivity index is 3.07. The maximum atomic E-state index is 13.0. The van der Waals surface area contributed by atoms with E-state index in [0.29, 0.717) is 0 Å². The highest BCUT2D eigenvalue weighted by molar-refractivity contribution is 6.31. The van der Waals surface area contributed by atoms with Crippen molar-refractivity contribution in [3.8, 4) is 0 Å². The van der Waals surface area contributed by atoms with Crippen LogP contribution < -0.4 is 5.32 Å². The number of hydrogen-bond acceptors (Lipinski definition) is 4. The highest BCUT2D eigenvalue weighted by atomic mass is 35.5. The number of anilines is 1. The molecule has 0 spiro atoms. The second kappa shape index (κ2) is 5.40. The molecule has 1 N–H and O–H groups in total. The summed E-state index contributed by atoms with van der Waals surface area (Å²) in [6.45, 7) is 0. The van der Waals surface area contributed by atoms with E-state index in [2.05, 4.69) is 15.0 Å². The van der Waals surface area contributed by atoms with Gasteiger partial charge in [0.15, 0.2) is 0 Å². The molecule has 0 bridgehead atoms. The molecule has 0 saturated heterocycles. The van der Waals surface area contributed by atoms with E-state index >= 15 is 0 Å². The first kappa shape index (κ1) is 17.6. The molecule has 0 aliphatic rings. The minimum atomic E-state index is -6.65. The first-order chi connectivity index (χ1) is 9.29. The van der Waals surface area contributed by atoms with E-state index in [9.17, 15) is 35.5 Å². The molecule has 0 aliphatic carbocycles. The fourth-order valence-corrected chi connectivity index (χ4v) is 1.25. The zero-order valence-corrected chi connectivity index (χ0v) is 10.7. The van der Waals surface area contributed by atoms with E-state index in [1.165, 1.54) is 0 Å². The topological polar surface area (TPSA) is 67.8 Å². The van der Waals surface area contributed by atoms with Crippen LogP contribution in [0.25, 0.3) is 0 Å². The smallest absolute Gasteiger partial charge is 0.289 e. The third-order valence-electron chi connectivity index (χ3n) is 1.84. The predicted molar refractivity (Wildman–Crippen MR) is 54.4 cm³/mol.